The van der Waals surface area contributed by atoms with Gasteiger partial charge < -0.3 is 5.32 Å². The number of pyridine rings is 1. The Morgan fingerprint density at radius 3 is 2.74 bits per heavy atom. The van der Waals surface area contributed by atoms with Crippen LogP contribution in [0.1, 0.15) is 23.6 Å². The molecule has 0 saturated carbocycles. The van der Waals surface area contributed by atoms with E-state index in [1.807, 2.05) is 31.2 Å². The molecule has 0 bridgehead atoms. The zero-order valence-corrected chi connectivity index (χ0v) is 13.9. The number of hydrogen-bond acceptors (Lipinski definition) is 3. The van der Waals surface area contributed by atoms with E-state index in [4.69, 9.17) is 0 Å². The van der Waals surface area contributed by atoms with Crippen LogP contribution in [-0.4, -0.2) is 4.98 Å². The molecule has 1 heterocycles. The van der Waals surface area contributed by atoms with Crippen molar-refractivity contribution in [3.63, 3.8) is 0 Å². The molecular formula is C19H18ClN3. The van der Waals surface area contributed by atoms with Gasteiger partial charge in [-0.15, -0.1) is 12.4 Å². The lowest BCUT2D eigenvalue weighted by atomic mass is 10.1. The van der Waals surface area contributed by atoms with Crippen molar-refractivity contribution in [3.8, 4) is 6.07 Å². The maximum Gasteiger partial charge on any atom is 0.103 e. The van der Waals surface area contributed by atoms with E-state index in [0.717, 1.165) is 34.3 Å². The Hall–Kier alpha value is -2.57. The summed E-state index contributed by atoms with van der Waals surface area (Å²) in [6, 6.07) is 16.6. The van der Waals surface area contributed by atoms with Crippen LogP contribution in [0.4, 0.5) is 11.4 Å². The van der Waals surface area contributed by atoms with Crippen LogP contribution in [0.15, 0.2) is 48.7 Å². The van der Waals surface area contributed by atoms with Crippen LogP contribution in [0.2, 0.25) is 0 Å². The van der Waals surface area contributed by atoms with Crippen LogP contribution in [0, 0.1) is 18.3 Å². The number of halogens is 1. The first-order chi connectivity index (χ1) is 10.7. The summed E-state index contributed by atoms with van der Waals surface area (Å²) in [5.41, 5.74) is 5.67. The first kappa shape index (κ1) is 16.8. The average molecular weight is 324 g/mol. The van der Waals surface area contributed by atoms with E-state index in [2.05, 4.69) is 41.5 Å². The van der Waals surface area contributed by atoms with Gasteiger partial charge in [-0.25, -0.2) is 0 Å². The number of aromatic nitrogens is 1. The van der Waals surface area contributed by atoms with Crippen molar-refractivity contribution < 1.29 is 0 Å². The summed E-state index contributed by atoms with van der Waals surface area (Å²) in [5.74, 6) is 0. The first-order valence-corrected chi connectivity index (χ1v) is 7.36. The van der Waals surface area contributed by atoms with Gasteiger partial charge in [0, 0.05) is 17.3 Å². The van der Waals surface area contributed by atoms with Crippen LogP contribution in [0.25, 0.3) is 10.9 Å². The second-order valence-electron chi connectivity index (χ2n) is 5.36. The predicted molar refractivity (Wildman–Crippen MR) is 97.5 cm³/mol. The predicted octanol–water partition coefficient (Wildman–Crippen LogP) is 5.14. The molecule has 3 nitrogen and oxygen atoms in total. The Balaban J connectivity index is 0.00000192. The largest absolute Gasteiger partial charge is 0.354 e. The summed E-state index contributed by atoms with van der Waals surface area (Å²) >= 11 is 0. The van der Waals surface area contributed by atoms with Crippen molar-refractivity contribution in [2.75, 3.05) is 5.32 Å². The maximum atomic E-state index is 9.40. The molecule has 0 amide bonds. The first-order valence-electron chi connectivity index (χ1n) is 7.36. The van der Waals surface area contributed by atoms with E-state index >= 15 is 0 Å². The fourth-order valence-electron chi connectivity index (χ4n) is 2.54. The van der Waals surface area contributed by atoms with Gasteiger partial charge in [-0.3, -0.25) is 4.98 Å². The second kappa shape index (κ2) is 7.13. The molecule has 0 fully saturated rings. The van der Waals surface area contributed by atoms with Gasteiger partial charge in [0.15, 0.2) is 0 Å². The van der Waals surface area contributed by atoms with Crippen LogP contribution in [-0.2, 0) is 6.42 Å². The quantitative estimate of drug-likeness (QED) is 0.725. The summed E-state index contributed by atoms with van der Waals surface area (Å²) in [4.78, 5) is 4.37. The fourth-order valence-corrected chi connectivity index (χ4v) is 2.54. The number of hydrogen-bond donors (Lipinski definition) is 1. The third-order valence-corrected chi connectivity index (χ3v) is 3.75. The second-order valence-corrected chi connectivity index (χ2v) is 5.36. The lowest BCUT2D eigenvalue weighted by molar-refractivity contribution is 1.14. The van der Waals surface area contributed by atoms with Gasteiger partial charge in [0.05, 0.1) is 16.8 Å². The van der Waals surface area contributed by atoms with E-state index in [0.29, 0.717) is 5.56 Å². The molecule has 0 aliphatic rings. The molecule has 0 spiro atoms. The van der Waals surface area contributed by atoms with Gasteiger partial charge in [-0.2, -0.15) is 5.26 Å². The van der Waals surface area contributed by atoms with Crippen LogP contribution >= 0.6 is 12.4 Å². The van der Waals surface area contributed by atoms with Crippen molar-refractivity contribution >= 4 is 34.7 Å². The van der Waals surface area contributed by atoms with Crippen molar-refractivity contribution in [2.24, 2.45) is 0 Å². The molecule has 23 heavy (non-hydrogen) atoms. The molecule has 4 heteroatoms. The Bertz CT molecular complexity index is 881. The Kier molecular flexibility index (Phi) is 5.20. The smallest absolute Gasteiger partial charge is 0.103 e. The topological polar surface area (TPSA) is 48.7 Å². The molecule has 3 rings (SSSR count). The molecule has 0 unspecified atom stereocenters. The number of nitrogens with zero attached hydrogens (tertiary/aromatic N) is 2. The number of anilines is 2. The van der Waals surface area contributed by atoms with Gasteiger partial charge in [0.2, 0.25) is 0 Å². The van der Waals surface area contributed by atoms with Gasteiger partial charge in [-0.05, 0) is 43.2 Å². The minimum absolute atomic E-state index is 0. The minimum Gasteiger partial charge on any atom is -0.354 e. The lowest BCUT2D eigenvalue weighted by Crippen LogP contribution is -1.97. The zero-order valence-electron chi connectivity index (χ0n) is 13.1. The summed E-state index contributed by atoms with van der Waals surface area (Å²) in [6.45, 7) is 4.17. The van der Waals surface area contributed by atoms with E-state index in [1.54, 1.807) is 6.20 Å². The molecule has 1 aromatic heterocycles. The van der Waals surface area contributed by atoms with E-state index in [9.17, 15) is 5.26 Å². The highest BCUT2D eigenvalue weighted by Crippen LogP contribution is 2.29. The van der Waals surface area contributed by atoms with E-state index in [-0.39, 0.29) is 12.4 Å². The SMILES string of the molecule is CCc1cccc(Nc2c(C#N)cnc3ccc(C)cc23)c1.Cl. The molecule has 0 atom stereocenters. The van der Waals surface area contributed by atoms with E-state index in [1.165, 1.54) is 5.56 Å². The Morgan fingerprint density at radius 2 is 2.00 bits per heavy atom. The molecule has 0 radical (unpaired) electrons. The summed E-state index contributed by atoms with van der Waals surface area (Å²) in [7, 11) is 0. The minimum atomic E-state index is 0. The number of aryl methyl sites for hydroxylation is 2. The highest BCUT2D eigenvalue weighted by molar-refractivity contribution is 5.96. The standard InChI is InChI=1S/C19H17N3.ClH/c1-3-14-5-4-6-16(10-14)22-19-15(11-20)12-21-18-8-7-13(2)9-17(18)19;/h4-10,12H,3H2,1-2H3,(H,21,22);1H. The van der Waals surface area contributed by atoms with Gasteiger partial charge in [-0.1, -0.05) is 30.7 Å². The normalized spacial score (nSPS) is 9.96. The fraction of sp³-hybridized carbons (Fsp3) is 0.158. The summed E-state index contributed by atoms with van der Waals surface area (Å²) < 4.78 is 0. The Labute approximate surface area is 142 Å². The number of nitriles is 1. The van der Waals surface area contributed by atoms with Crippen LogP contribution in [0.5, 0.6) is 0 Å². The monoisotopic (exact) mass is 323 g/mol. The van der Waals surface area contributed by atoms with Crippen LogP contribution < -0.4 is 5.32 Å². The maximum absolute atomic E-state index is 9.40. The van der Waals surface area contributed by atoms with Crippen molar-refractivity contribution in [3.05, 3.63) is 65.4 Å². The van der Waals surface area contributed by atoms with Gasteiger partial charge in [0.25, 0.3) is 0 Å². The number of benzene rings is 2. The Morgan fingerprint density at radius 1 is 1.17 bits per heavy atom. The molecule has 0 saturated heterocycles. The van der Waals surface area contributed by atoms with Crippen molar-refractivity contribution in [2.45, 2.75) is 20.3 Å². The van der Waals surface area contributed by atoms with Crippen LogP contribution in [0.3, 0.4) is 0 Å². The third kappa shape index (κ3) is 3.44. The van der Waals surface area contributed by atoms with Crippen molar-refractivity contribution in [1.29, 1.82) is 5.26 Å². The van der Waals surface area contributed by atoms with Gasteiger partial charge >= 0.3 is 0 Å². The molecule has 0 aliphatic carbocycles. The highest BCUT2D eigenvalue weighted by Gasteiger charge is 2.09. The van der Waals surface area contributed by atoms with Gasteiger partial charge in [0.1, 0.15) is 6.07 Å². The molecular weight excluding hydrogens is 306 g/mol. The highest BCUT2D eigenvalue weighted by atomic mass is 35.5. The number of nitrogens with one attached hydrogen (secondary N) is 1. The molecule has 116 valence electrons. The summed E-state index contributed by atoms with van der Waals surface area (Å²) in [5, 5.41) is 13.8. The molecule has 2 aromatic carbocycles. The van der Waals surface area contributed by atoms with E-state index < -0.39 is 0 Å². The van der Waals surface area contributed by atoms with Crippen molar-refractivity contribution in [1.82, 2.24) is 4.98 Å². The number of fused-ring (bicyclic) bond motifs is 1. The molecule has 1 N–H and O–H groups in total. The molecule has 3 aromatic rings. The molecule has 0 aliphatic heterocycles. The zero-order chi connectivity index (χ0) is 15.5. The lowest BCUT2D eigenvalue weighted by Gasteiger charge is -2.12. The summed E-state index contributed by atoms with van der Waals surface area (Å²) in [6.07, 6.45) is 2.61. The number of rotatable bonds is 3. The average Bonchev–Trinajstić information content (AvgIpc) is 2.55. The third-order valence-electron chi connectivity index (χ3n) is 3.75.